The van der Waals surface area contributed by atoms with Gasteiger partial charge in [-0.05, 0) is 31.2 Å². The minimum Gasteiger partial charge on any atom is -0.465 e. The summed E-state index contributed by atoms with van der Waals surface area (Å²) >= 11 is 0.645. The number of nitriles is 1. The molecule has 0 unspecified atom stereocenters. The van der Waals surface area contributed by atoms with Crippen LogP contribution in [0, 0.1) is 18.3 Å². The maximum atomic E-state index is 13.2. The number of hydrogen-bond acceptors (Lipinski definition) is 8. The van der Waals surface area contributed by atoms with Crippen LogP contribution in [0.3, 0.4) is 0 Å². The lowest BCUT2D eigenvalue weighted by Crippen LogP contribution is -2.16. The molecule has 168 valence electrons. The van der Waals surface area contributed by atoms with Crippen molar-refractivity contribution in [1.82, 2.24) is 4.98 Å². The highest BCUT2D eigenvalue weighted by molar-refractivity contribution is 8.00. The number of methoxy groups -OCH3 is 2. The quantitative estimate of drug-likeness (QED) is 0.506. The molecule has 0 saturated heterocycles. The molecule has 8 nitrogen and oxygen atoms in total. The maximum absolute atomic E-state index is 13.2. The number of halogens is 3. The van der Waals surface area contributed by atoms with Crippen LogP contribution in [0.2, 0.25) is 0 Å². The molecule has 0 saturated carbocycles. The molecule has 12 heteroatoms. The molecule has 1 heterocycles. The van der Waals surface area contributed by atoms with Gasteiger partial charge >= 0.3 is 18.1 Å². The van der Waals surface area contributed by atoms with Crippen molar-refractivity contribution >= 4 is 35.3 Å². The summed E-state index contributed by atoms with van der Waals surface area (Å²) in [5.74, 6) is -2.59. The highest BCUT2D eigenvalue weighted by atomic mass is 32.2. The van der Waals surface area contributed by atoms with Gasteiger partial charge in [-0.15, -0.1) is 0 Å². The SMILES string of the molecule is COC(=O)c1cc(NC(=O)CSc2nc(C)cc(C(F)(F)F)c2C#N)cc(C(=O)OC)c1. The van der Waals surface area contributed by atoms with Crippen molar-refractivity contribution in [1.29, 1.82) is 5.26 Å². The lowest BCUT2D eigenvalue weighted by Gasteiger charge is -2.13. The maximum Gasteiger partial charge on any atom is 0.417 e. The van der Waals surface area contributed by atoms with E-state index < -0.39 is 40.9 Å². The zero-order chi connectivity index (χ0) is 24.1. The number of alkyl halides is 3. The monoisotopic (exact) mass is 467 g/mol. The Kier molecular flexibility index (Phi) is 7.82. The van der Waals surface area contributed by atoms with Crippen molar-refractivity contribution in [3.63, 3.8) is 0 Å². The Morgan fingerprint density at radius 3 is 2.12 bits per heavy atom. The molecule has 0 aliphatic rings. The van der Waals surface area contributed by atoms with E-state index in [0.29, 0.717) is 11.8 Å². The van der Waals surface area contributed by atoms with E-state index in [1.54, 1.807) is 0 Å². The van der Waals surface area contributed by atoms with Crippen molar-refractivity contribution in [2.75, 3.05) is 25.3 Å². The van der Waals surface area contributed by atoms with Gasteiger partial charge in [0.2, 0.25) is 5.91 Å². The average Bonchev–Trinajstić information content (AvgIpc) is 2.75. The number of esters is 2. The van der Waals surface area contributed by atoms with Crippen molar-refractivity contribution < 1.29 is 37.0 Å². The Bertz CT molecular complexity index is 1080. The third-order valence-corrected chi connectivity index (χ3v) is 4.91. The first-order valence-corrected chi connectivity index (χ1v) is 9.72. The van der Waals surface area contributed by atoms with E-state index in [0.717, 1.165) is 20.3 Å². The van der Waals surface area contributed by atoms with Gasteiger partial charge < -0.3 is 14.8 Å². The summed E-state index contributed by atoms with van der Waals surface area (Å²) in [7, 11) is 2.28. The largest absolute Gasteiger partial charge is 0.465 e. The minimum absolute atomic E-state index is 0.0275. The van der Waals surface area contributed by atoms with Crippen LogP contribution < -0.4 is 5.32 Å². The summed E-state index contributed by atoms with van der Waals surface area (Å²) < 4.78 is 48.8. The summed E-state index contributed by atoms with van der Waals surface area (Å²) in [6.45, 7) is 1.34. The molecule has 2 aromatic rings. The number of hydrogen-bond donors (Lipinski definition) is 1. The summed E-state index contributed by atoms with van der Waals surface area (Å²) in [5, 5.41) is 11.4. The van der Waals surface area contributed by atoms with Gasteiger partial charge in [0.05, 0.1) is 42.2 Å². The van der Waals surface area contributed by atoms with Gasteiger partial charge in [-0.3, -0.25) is 4.79 Å². The van der Waals surface area contributed by atoms with Crippen LogP contribution in [0.4, 0.5) is 18.9 Å². The topological polar surface area (TPSA) is 118 Å². The number of carbonyl (C=O) groups is 3. The molecule has 0 aliphatic carbocycles. The zero-order valence-electron chi connectivity index (χ0n) is 17.0. The zero-order valence-corrected chi connectivity index (χ0v) is 17.8. The predicted octanol–water partition coefficient (Wildman–Crippen LogP) is 3.58. The molecule has 2 rings (SSSR count). The van der Waals surface area contributed by atoms with Crippen LogP contribution in [-0.4, -0.2) is 42.8 Å². The first-order chi connectivity index (χ1) is 15.0. The Morgan fingerprint density at radius 1 is 1.09 bits per heavy atom. The second-order valence-corrected chi connectivity index (χ2v) is 7.18. The third kappa shape index (κ3) is 5.98. The number of nitrogens with zero attached hydrogens (tertiary/aromatic N) is 2. The standard InChI is InChI=1S/C20H16F3N3O5S/c1-10-4-15(20(21,22)23)14(8-24)17(25-10)32-9-16(27)26-13-6-11(18(28)30-2)5-12(7-13)19(29)31-3/h4-7H,9H2,1-3H3,(H,26,27). The van der Waals surface area contributed by atoms with Crippen LogP contribution in [0.15, 0.2) is 29.3 Å². The fourth-order valence-corrected chi connectivity index (χ4v) is 3.43. The first kappa shape index (κ1) is 24.7. The number of anilines is 1. The van der Waals surface area contributed by atoms with Gasteiger partial charge in [-0.25, -0.2) is 14.6 Å². The second-order valence-electron chi connectivity index (χ2n) is 6.22. The summed E-state index contributed by atoms with van der Waals surface area (Å²) in [5.41, 5.74) is -1.77. The van der Waals surface area contributed by atoms with Crippen LogP contribution >= 0.6 is 11.8 Å². The molecule has 0 aliphatic heterocycles. The number of aromatic nitrogens is 1. The van der Waals surface area contributed by atoms with Gasteiger partial charge in [-0.2, -0.15) is 18.4 Å². The van der Waals surface area contributed by atoms with E-state index in [1.165, 1.54) is 31.2 Å². The first-order valence-electron chi connectivity index (χ1n) is 8.73. The fraction of sp³-hybridized carbons (Fsp3) is 0.250. The Labute approximate surface area is 184 Å². The van der Waals surface area contributed by atoms with Gasteiger partial charge in [0.1, 0.15) is 11.1 Å². The van der Waals surface area contributed by atoms with Gasteiger partial charge in [0.15, 0.2) is 0 Å². The fourth-order valence-electron chi connectivity index (χ4n) is 2.58. The normalized spacial score (nSPS) is 10.8. The van der Waals surface area contributed by atoms with Gasteiger partial charge in [-0.1, -0.05) is 11.8 Å². The van der Waals surface area contributed by atoms with Crippen molar-refractivity contribution in [3.8, 4) is 6.07 Å². The lowest BCUT2D eigenvalue weighted by molar-refractivity contribution is -0.138. The smallest absolute Gasteiger partial charge is 0.417 e. The highest BCUT2D eigenvalue weighted by Crippen LogP contribution is 2.35. The third-order valence-electron chi connectivity index (χ3n) is 3.93. The van der Waals surface area contributed by atoms with Crippen LogP contribution in [0.5, 0.6) is 0 Å². The molecule has 1 amide bonds. The Hall–Kier alpha value is -3.59. The average molecular weight is 467 g/mol. The van der Waals surface area contributed by atoms with Crippen LogP contribution in [0.25, 0.3) is 0 Å². The van der Waals surface area contributed by atoms with Crippen molar-refractivity contribution in [3.05, 3.63) is 52.2 Å². The Morgan fingerprint density at radius 2 is 1.66 bits per heavy atom. The molecule has 0 atom stereocenters. The van der Waals surface area contributed by atoms with E-state index in [-0.39, 0.29) is 27.5 Å². The van der Waals surface area contributed by atoms with E-state index in [2.05, 4.69) is 19.8 Å². The van der Waals surface area contributed by atoms with E-state index in [9.17, 15) is 32.8 Å². The second kappa shape index (κ2) is 10.1. The number of carbonyl (C=O) groups excluding carboxylic acids is 3. The van der Waals surface area contributed by atoms with Crippen molar-refractivity contribution in [2.45, 2.75) is 18.1 Å². The molecule has 0 bridgehead atoms. The summed E-state index contributed by atoms with van der Waals surface area (Å²) in [6, 6.07) is 5.98. The Balaban J connectivity index is 2.26. The number of benzene rings is 1. The predicted molar refractivity (Wildman–Crippen MR) is 107 cm³/mol. The lowest BCUT2D eigenvalue weighted by atomic mass is 10.1. The summed E-state index contributed by atoms with van der Waals surface area (Å²) in [6.07, 6.45) is -4.76. The molecule has 0 radical (unpaired) electrons. The molecular formula is C20H16F3N3O5S. The highest BCUT2D eigenvalue weighted by Gasteiger charge is 2.35. The summed E-state index contributed by atoms with van der Waals surface area (Å²) in [4.78, 5) is 39.9. The molecule has 1 N–H and O–H groups in total. The van der Waals surface area contributed by atoms with Crippen LogP contribution in [-0.2, 0) is 20.4 Å². The number of pyridine rings is 1. The number of rotatable bonds is 6. The van der Waals surface area contributed by atoms with Gasteiger partial charge in [0, 0.05) is 11.4 Å². The number of aryl methyl sites for hydroxylation is 1. The van der Waals surface area contributed by atoms with E-state index in [4.69, 9.17) is 0 Å². The molecule has 1 aromatic heterocycles. The number of amides is 1. The number of ether oxygens (including phenoxy) is 2. The van der Waals surface area contributed by atoms with Crippen molar-refractivity contribution in [2.24, 2.45) is 0 Å². The molecule has 32 heavy (non-hydrogen) atoms. The molecule has 0 spiro atoms. The molecule has 1 aromatic carbocycles. The molecular weight excluding hydrogens is 451 g/mol. The van der Waals surface area contributed by atoms with E-state index >= 15 is 0 Å². The number of nitrogens with one attached hydrogen (secondary N) is 1. The molecule has 0 fully saturated rings. The van der Waals surface area contributed by atoms with E-state index in [1.807, 2.05) is 0 Å². The van der Waals surface area contributed by atoms with Gasteiger partial charge in [0.25, 0.3) is 0 Å². The number of thioether (sulfide) groups is 1. The minimum atomic E-state index is -4.76. The van der Waals surface area contributed by atoms with Crippen LogP contribution in [0.1, 0.15) is 37.5 Å².